The number of hydrogen-bond acceptors (Lipinski definition) is 1. The number of rotatable bonds is 3. The predicted molar refractivity (Wildman–Crippen MR) is 30.7 cm³/mol. The topological polar surface area (TPSA) is 12.0 Å². The second-order valence-electron chi connectivity index (χ2n) is 2.06. The maximum atomic E-state index is 3.19. The molecule has 0 aromatic carbocycles. The number of hydrogen-bond donors (Lipinski definition) is 1. The van der Waals surface area contributed by atoms with Crippen molar-refractivity contribution < 1.29 is 0 Å². The molecule has 0 spiro atoms. The molecule has 1 aliphatic carbocycles. The zero-order chi connectivity index (χ0) is 5.11. The van der Waals surface area contributed by atoms with Gasteiger partial charge in [0.25, 0.3) is 0 Å². The minimum atomic E-state index is 0.917. The Morgan fingerprint density at radius 1 is 1.71 bits per heavy atom. The molecule has 1 fully saturated rings. The van der Waals surface area contributed by atoms with Gasteiger partial charge in [0.2, 0.25) is 0 Å². The van der Waals surface area contributed by atoms with E-state index in [0.29, 0.717) is 0 Å². The van der Waals surface area contributed by atoms with E-state index in [4.69, 9.17) is 0 Å². The van der Waals surface area contributed by atoms with Gasteiger partial charge in [-0.05, 0) is 25.3 Å². The lowest BCUT2D eigenvalue weighted by Gasteiger charge is -1.93. The molecule has 0 aromatic rings. The summed E-state index contributed by atoms with van der Waals surface area (Å²) in [5, 5.41) is 3.19. The van der Waals surface area contributed by atoms with Crippen LogP contribution >= 0.6 is 0 Å². The highest BCUT2D eigenvalue weighted by molar-refractivity contribution is 4.84. The highest BCUT2D eigenvalue weighted by Gasteiger charge is 2.19. The first kappa shape index (κ1) is 5.10. The molecule has 1 nitrogen and oxygen atoms in total. The molecule has 0 aliphatic heterocycles. The first-order valence-electron chi connectivity index (χ1n) is 3.00. The van der Waals surface area contributed by atoms with Gasteiger partial charge in [-0.1, -0.05) is 6.92 Å². The molecule has 1 saturated carbocycles. The van der Waals surface area contributed by atoms with Gasteiger partial charge >= 0.3 is 0 Å². The minimum Gasteiger partial charge on any atom is -0.312 e. The van der Waals surface area contributed by atoms with Crippen LogP contribution in [0.25, 0.3) is 0 Å². The zero-order valence-electron chi connectivity index (χ0n) is 4.78. The molecule has 1 rings (SSSR count). The smallest absolute Gasteiger partial charge is 0.0251 e. The Kier molecular flexibility index (Phi) is 1.69. The Morgan fingerprint density at radius 2 is 2.43 bits per heavy atom. The van der Waals surface area contributed by atoms with Crippen molar-refractivity contribution in [3.8, 4) is 0 Å². The highest BCUT2D eigenvalue weighted by Crippen LogP contribution is 2.29. The fourth-order valence-corrected chi connectivity index (χ4v) is 0.547. The Labute approximate surface area is 45.1 Å². The fourth-order valence-electron chi connectivity index (χ4n) is 0.547. The molecule has 0 unspecified atom stereocenters. The van der Waals surface area contributed by atoms with Gasteiger partial charge in [0, 0.05) is 6.54 Å². The summed E-state index contributed by atoms with van der Waals surface area (Å²) < 4.78 is 0. The summed E-state index contributed by atoms with van der Waals surface area (Å²) in [5.74, 6) is 0.917. The van der Waals surface area contributed by atoms with Crippen LogP contribution in [0.4, 0.5) is 0 Å². The van der Waals surface area contributed by atoms with Crippen LogP contribution in [-0.4, -0.2) is 6.54 Å². The van der Waals surface area contributed by atoms with Gasteiger partial charge in [-0.15, -0.1) is 0 Å². The first-order valence-corrected chi connectivity index (χ1v) is 3.00. The van der Waals surface area contributed by atoms with E-state index in [0.717, 1.165) is 12.5 Å². The van der Waals surface area contributed by atoms with E-state index >= 15 is 0 Å². The van der Waals surface area contributed by atoms with Crippen LogP contribution in [0.1, 0.15) is 19.8 Å². The van der Waals surface area contributed by atoms with Gasteiger partial charge in [0.15, 0.2) is 0 Å². The van der Waals surface area contributed by atoms with Crippen LogP contribution in [-0.2, 0) is 0 Å². The van der Waals surface area contributed by atoms with E-state index < -0.39 is 0 Å². The van der Waals surface area contributed by atoms with Crippen LogP contribution in [0.15, 0.2) is 0 Å². The summed E-state index contributed by atoms with van der Waals surface area (Å²) in [6, 6.07) is 0. The monoisotopic (exact) mass is 98.1 g/mol. The van der Waals surface area contributed by atoms with Gasteiger partial charge in [0.1, 0.15) is 0 Å². The summed E-state index contributed by atoms with van der Waals surface area (Å²) in [6.07, 6.45) is 2.82. The van der Waals surface area contributed by atoms with Gasteiger partial charge < -0.3 is 5.32 Å². The van der Waals surface area contributed by atoms with Gasteiger partial charge in [-0.25, -0.2) is 0 Å². The molecule has 1 radical (unpaired) electrons. The van der Waals surface area contributed by atoms with Crippen LogP contribution in [0.3, 0.4) is 0 Å². The molecule has 41 valence electrons. The Hall–Kier alpha value is -0.0400. The average molecular weight is 98.2 g/mol. The van der Waals surface area contributed by atoms with E-state index in [2.05, 4.69) is 18.8 Å². The maximum absolute atomic E-state index is 3.19. The van der Waals surface area contributed by atoms with Crippen molar-refractivity contribution in [1.29, 1.82) is 0 Å². The fraction of sp³-hybridized carbons (Fsp3) is 0.833. The summed E-state index contributed by atoms with van der Waals surface area (Å²) >= 11 is 0. The third-order valence-corrected chi connectivity index (χ3v) is 1.18. The molecule has 0 atom stereocenters. The summed E-state index contributed by atoms with van der Waals surface area (Å²) in [7, 11) is 0. The van der Waals surface area contributed by atoms with Gasteiger partial charge in [-0.2, -0.15) is 0 Å². The molecule has 0 saturated heterocycles. The maximum Gasteiger partial charge on any atom is 0.0251 e. The third kappa shape index (κ3) is 1.93. The van der Waals surface area contributed by atoms with Crippen molar-refractivity contribution in [2.75, 3.05) is 6.54 Å². The van der Waals surface area contributed by atoms with E-state index in [1.165, 1.54) is 12.8 Å². The Morgan fingerprint density at radius 3 is 2.86 bits per heavy atom. The SMILES string of the molecule is CCN[CH]C1CC1. The van der Waals surface area contributed by atoms with Crippen LogP contribution < -0.4 is 5.32 Å². The van der Waals surface area contributed by atoms with Crippen molar-refractivity contribution >= 4 is 0 Å². The van der Waals surface area contributed by atoms with E-state index in [9.17, 15) is 0 Å². The Balaban J connectivity index is 1.80. The second kappa shape index (κ2) is 2.31. The molecule has 0 amide bonds. The summed E-state index contributed by atoms with van der Waals surface area (Å²) in [5.41, 5.74) is 0. The quantitative estimate of drug-likeness (QED) is 0.558. The summed E-state index contributed by atoms with van der Waals surface area (Å²) in [4.78, 5) is 0. The second-order valence-corrected chi connectivity index (χ2v) is 2.06. The first-order chi connectivity index (χ1) is 3.43. The van der Waals surface area contributed by atoms with Crippen LogP contribution in [0.2, 0.25) is 0 Å². The lowest BCUT2D eigenvalue weighted by atomic mass is 10.4. The molecular weight excluding hydrogens is 86.1 g/mol. The number of nitrogens with one attached hydrogen (secondary N) is 1. The highest BCUT2D eigenvalue weighted by atomic mass is 14.9. The van der Waals surface area contributed by atoms with Crippen molar-refractivity contribution in [3.05, 3.63) is 6.54 Å². The molecule has 0 heterocycles. The van der Waals surface area contributed by atoms with Gasteiger partial charge in [-0.3, -0.25) is 0 Å². The molecule has 1 N–H and O–H groups in total. The largest absolute Gasteiger partial charge is 0.312 e. The summed E-state index contributed by atoms with van der Waals surface area (Å²) in [6.45, 7) is 5.41. The molecule has 0 bridgehead atoms. The Bertz CT molecular complexity index is 48.1. The molecule has 7 heavy (non-hydrogen) atoms. The van der Waals surface area contributed by atoms with E-state index in [-0.39, 0.29) is 0 Å². The van der Waals surface area contributed by atoms with Gasteiger partial charge in [0.05, 0.1) is 0 Å². The lowest BCUT2D eigenvalue weighted by Crippen LogP contribution is -2.08. The van der Waals surface area contributed by atoms with Crippen LogP contribution in [0.5, 0.6) is 0 Å². The lowest BCUT2D eigenvalue weighted by molar-refractivity contribution is 0.763. The molecular formula is C6H12N. The van der Waals surface area contributed by atoms with Crippen molar-refractivity contribution in [1.82, 2.24) is 5.32 Å². The minimum absolute atomic E-state index is 0.917. The van der Waals surface area contributed by atoms with Crippen LogP contribution in [0, 0.1) is 12.5 Å². The van der Waals surface area contributed by atoms with Crippen molar-refractivity contribution in [2.45, 2.75) is 19.8 Å². The molecule has 1 aliphatic rings. The standard InChI is InChI=1S/C6H12N/c1-2-7-5-6-3-4-6/h5-7H,2-4H2,1H3. The van der Waals surface area contributed by atoms with E-state index in [1.54, 1.807) is 0 Å². The van der Waals surface area contributed by atoms with Crippen molar-refractivity contribution in [2.24, 2.45) is 5.92 Å². The normalized spacial score (nSPS) is 20.1. The third-order valence-electron chi connectivity index (χ3n) is 1.18. The predicted octanol–water partition coefficient (Wildman–Crippen LogP) is 1.17. The van der Waals surface area contributed by atoms with E-state index in [1.807, 2.05) is 0 Å². The molecule has 0 aromatic heterocycles. The van der Waals surface area contributed by atoms with Crippen molar-refractivity contribution in [3.63, 3.8) is 0 Å². The average Bonchev–Trinajstić information content (AvgIpc) is 2.42. The zero-order valence-corrected chi connectivity index (χ0v) is 4.78. The molecule has 1 heteroatoms.